The van der Waals surface area contributed by atoms with Gasteiger partial charge in [0.05, 0.1) is 6.61 Å². The highest BCUT2D eigenvalue weighted by atomic mass is 16.5. The Bertz CT molecular complexity index is 513. The van der Waals surface area contributed by atoms with E-state index in [-0.39, 0.29) is 11.8 Å². The maximum atomic E-state index is 12.2. The zero-order chi connectivity index (χ0) is 16.1. The topological polar surface area (TPSA) is 58.6 Å². The first kappa shape index (κ1) is 16.5. The van der Waals surface area contributed by atoms with Gasteiger partial charge in [0, 0.05) is 43.9 Å². The monoisotopic (exact) mass is 306 g/mol. The standard InChI is InChI=1S/C16H26N4O2/c1-5-12(3)15(21)19-7-9-20(10-8-19)16-17-13(4)11-14(18-16)22-6-2/h11-12H,5-10H2,1-4H3. The van der Waals surface area contributed by atoms with Crippen LogP contribution in [0.2, 0.25) is 0 Å². The van der Waals surface area contributed by atoms with Crippen molar-refractivity contribution in [3.8, 4) is 5.88 Å². The van der Waals surface area contributed by atoms with Crippen molar-refractivity contribution in [3.05, 3.63) is 11.8 Å². The SMILES string of the molecule is CCOc1cc(C)nc(N2CCN(C(=O)C(C)CC)CC2)n1. The Morgan fingerprint density at radius 1 is 1.27 bits per heavy atom. The van der Waals surface area contributed by atoms with Crippen LogP contribution in [0.25, 0.3) is 0 Å². The van der Waals surface area contributed by atoms with Crippen LogP contribution in [0, 0.1) is 12.8 Å². The van der Waals surface area contributed by atoms with Crippen molar-refractivity contribution in [2.75, 3.05) is 37.7 Å². The summed E-state index contributed by atoms with van der Waals surface area (Å²) in [5.74, 6) is 1.66. The maximum absolute atomic E-state index is 12.2. The summed E-state index contributed by atoms with van der Waals surface area (Å²) in [7, 11) is 0. The Morgan fingerprint density at radius 3 is 2.55 bits per heavy atom. The third kappa shape index (κ3) is 3.87. The number of hydrogen-bond donors (Lipinski definition) is 0. The van der Waals surface area contributed by atoms with Crippen molar-refractivity contribution in [1.29, 1.82) is 0 Å². The van der Waals surface area contributed by atoms with E-state index in [1.165, 1.54) is 0 Å². The van der Waals surface area contributed by atoms with Gasteiger partial charge in [-0.1, -0.05) is 13.8 Å². The number of aromatic nitrogens is 2. The fraction of sp³-hybridized carbons (Fsp3) is 0.688. The highest BCUT2D eigenvalue weighted by molar-refractivity contribution is 5.78. The van der Waals surface area contributed by atoms with Gasteiger partial charge in [0.15, 0.2) is 0 Å². The molecule has 1 aromatic rings. The summed E-state index contributed by atoms with van der Waals surface area (Å²) >= 11 is 0. The van der Waals surface area contributed by atoms with Crippen LogP contribution in [-0.4, -0.2) is 53.6 Å². The predicted octanol–water partition coefficient (Wildman–Crippen LogP) is 1.88. The van der Waals surface area contributed by atoms with Crippen molar-refractivity contribution < 1.29 is 9.53 Å². The number of carbonyl (C=O) groups is 1. The average Bonchev–Trinajstić information content (AvgIpc) is 2.53. The molecule has 1 saturated heterocycles. The number of carbonyl (C=O) groups excluding carboxylic acids is 1. The summed E-state index contributed by atoms with van der Waals surface area (Å²) in [5, 5.41) is 0. The van der Waals surface area contributed by atoms with Crippen LogP contribution < -0.4 is 9.64 Å². The summed E-state index contributed by atoms with van der Waals surface area (Å²) in [5.41, 5.74) is 0.895. The summed E-state index contributed by atoms with van der Waals surface area (Å²) < 4.78 is 5.48. The van der Waals surface area contributed by atoms with Crippen LogP contribution in [-0.2, 0) is 4.79 Å². The quantitative estimate of drug-likeness (QED) is 0.831. The molecule has 6 nitrogen and oxygen atoms in total. The Kier molecular flexibility index (Phi) is 5.57. The van der Waals surface area contributed by atoms with Gasteiger partial charge < -0.3 is 14.5 Å². The number of amides is 1. The lowest BCUT2D eigenvalue weighted by Gasteiger charge is -2.36. The molecule has 6 heteroatoms. The fourth-order valence-electron chi connectivity index (χ4n) is 2.50. The number of hydrogen-bond acceptors (Lipinski definition) is 5. The van der Waals surface area contributed by atoms with Gasteiger partial charge in [-0.15, -0.1) is 0 Å². The molecule has 0 aliphatic carbocycles. The van der Waals surface area contributed by atoms with Gasteiger partial charge in [-0.3, -0.25) is 4.79 Å². The molecule has 0 saturated carbocycles. The van der Waals surface area contributed by atoms with E-state index in [9.17, 15) is 4.79 Å². The third-order valence-corrected chi connectivity index (χ3v) is 4.02. The number of rotatable bonds is 5. The van der Waals surface area contributed by atoms with E-state index in [4.69, 9.17) is 4.74 Å². The Hall–Kier alpha value is -1.85. The van der Waals surface area contributed by atoms with Crippen molar-refractivity contribution >= 4 is 11.9 Å². The number of ether oxygens (including phenoxy) is 1. The second-order valence-electron chi connectivity index (χ2n) is 5.70. The molecular formula is C16H26N4O2. The van der Waals surface area contributed by atoms with Crippen LogP contribution in [0.1, 0.15) is 32.9 Å². The van der Waals surface area contributed by atoms with Crippen molar-refractivity contribution in [1.82, 2.24) is 14.9 Å². The number of aryl methyl sites for hydroxylation is 1. The normalized spacial score (nSPS) is 16.5. The summed E-state index contributed by atoms with van der Waals surface area (Å²) in [6.45, 7) is 11.5. The molecule has 1 aliphatic rings. The highest BCUT2D eigenvalue weighted by Gasteiger charge is 2.25. The van der Waals surface area contributed by atoms with E-state index in [1.807, 2.05) is 31.7 Å². The molecule has 0 radical (unpaired) electrons. The molecule has 0 aromatic carbocycles. The molecule has 1 fully saturated rings. The van der Waals surface area contributed by atoms with Crippen LogP contribution in [0.3, 0.4) is 0 Å². The van der Waals surface area contributed by atoms with Gasteiger partial charge in [0.1, 0.15) is 0 Å². The third-order valence-electron chi connectivity index (χ3n) is 4.02. The molecule has 0 bridgehead atoms. The van der Waals surface area contributed by atoms with Gasteiger partial charge in [-0.25, -0.2) is 4.98 Å². The first-order valence-corrected chi connectivity index (χ1v) is 8.07. The number of anilines is 1. The van der Waals surface area contributed by atoms with Crippen LogP contribution in [0.4, 0.5) is 5.95 Å². The van der Waals surface area contributed by atoms with E-state index in [0.717, 1.165) is 38.3 Å². The fourth-order valence-corrected chi connectivity index (χ4v) is 2.50. The molecule has 1 atom stereocenters. The van der Waals surface area contributed by atoms with Gasteiger partial charge in [0.2, 0.25) is 17.7 Å². The largest absolute Gasteiger partial charge is 0.478 e. The predicted molar refractivity (Wildman–Crippen MR) is 86.2 cm³/mol. The summed E-state index contributed by atoms with van der Waals surface area (Å²) in [6.07, 6.45) is 0.887. The van der Waals surface area contributed by atoms with Crippen molar-refractivity contribution in [2.24, 2.45) is 5.92 Å². The first-order chi connectivity index (χ1) is 10.5. The molecule has 1 unspecified atom stereocenters. The van der Waals surface area contributed by atoms with Crippen molar-refractivity contribution in [2.45, 2.75) is 34.1 Å². The minimum atomic E-state index is 0.103. The van der Waals surface area contributed by atoms with Crippen LogP contribution in [0.5, 0.6) is 5.88 Å². The minimum Gasteiger partial charge on any atom is -0.478 e. The molecule has 122 valence electrons. The molecule has 0 N–H and O–H groups in total. The lowest BCUT2D eigenvalue weighted by molar-refractivity contribution is -0.135. The van der Waals surface area contributed by atoms with Gasteiger partial charge in [-0.05, 0) is 20.3 Å². The lowest BCUT2D eigenvalue weighted by Crippen LogP contribution is -2.50. The van der Waals surface area contributed by atoms with Gasteiger partial charge in [-0.2, -0.15) is 4.98 Å². The lowest BCUT2D eigenvalue weighted by atomic mass is 10.1. The minimum absolute atomic E-state index is 0.103. The number of piperazine rings is 1. The molecule has 2 heterocycles. The van der Waals surface area contributed by atoms with E-state index in [0.29, 0.717) is 18.4 Å². The Balaban J connectivity index is 2.01. The van der Waals surface area contributed by atoms with Crippen LogP contribution in [0.15, 0.2) is 6.07 Å². The molecule has 1 amide bonds. The molecule has 2 rings (SSSR count). The number of nitrogens with zero attached hydrogens (tertiary/aromatic N) is 4. The second-order valence-corrected chi connectivity index (χ2v) is 5.70. The van der Waals surface area contributed by atoms with Gasteiger partial charge in [0.25, 0.3) is 0 Å². The Labute approximate surface area is 132 Å². The molecule has 1 aromatic heterocycles. The van der Waals surface area contributed by atoms with E-state index in [1.54, 1.807) is 0 Å². The summed E-state index contributed by atoms with van der Waals surface area (Å²) in [6, 6.07) is 1.84. The van der Waals surface area contributed by atoms with E-state index >= 15 is 0 Å². The molecule has 22 heavy (non-hydrogen) atoms. The maximum Gasteiger partial charge on any atom is 0.228 e. The van der Waals surface area contributed by atoms with Crippen molar-refractivity contribution in [3.63, 3.8) is 0 Å². The highest BCUT2D eigenvalue weighted by Crippen LogP contribution is 2.18. The smallest absolute Gasteiger partial charge is 0.228 e. The second kappa shape index (κ2) is 7.42. The first-order valence-electron chi connectivity index (χ1n) is 8.07. The van der Waals surface area contributed by atoms with Gasteiger partial charge >= 0.3 is 0 Å². The summed E-state index contributed by atoms with van der Waals surface area (Å²) in [4.78, 5) is 25.2. The van der Waals surface area contributed by atoms with E-state index < -0.39 is 0 Å². The van der Waals surface area contributed by atoms with E-state index in [2.05, 4.69) is 21.8 Å². The van der Waals surface area contributed by atoms with Crippen LogP contribution >= 0.6 is 0 Å². The molecule has 0 spiro atoms. The zero-order valence-electron chi connectivity index (χ0n) is 14.0. The zero-order valence-corrected chi connectivity index (χ0v) is 14.0. The Morgan fingerprint density at radius 2 is 1.95 bits per heavy atom. The molecule has 1 aliphatic heterocycles. The average molecular weight is 306 g/mol. The molecular weight excluding hydrogens is 280 g/mol.